The van der Waals surface area contributed by atoms with Crippen LogP contribution < -0.4 is 0 Å². The minimum Gasteiger partial charge on any atom is -0.479 e. The number of carbonyl (C=O) groups is 2. The second-order valence-electron chi connectivity index (χ2n) is 4.77. The van der Waals surface area contributed by atoms with Crippen LogP contribution in [0.2, 0.25) is 0 Å². The second kappa shape index (κ2) is 3.51. The van der Waals surface area contributed by atoms with Crippen LogP contribution in [0.3, 0.4) is 0 Å². The van der Waals surface area contributed by atoms with E-state index in [2.05, 4.69) is 0 Å². The van der Waals surface area contributed by atoms with Gasteiger partial charge in [0.2, 0.25) is 6.41 Å². The van der Waals surface area contributed by atoms with Gasteiger partial charge in [-0.1, -0.05) is 13.3 Å². The van der Waals surface area contributed by atoms with Crippen LogP contribution in [-0.2, 0) is 9.59 Å². The normalized spacial score (nSPS) is 35.1. The molecule has 0 saturated heterocycles. The molecule has 0 heterocycles. The maximum Gasteiger partial charge on any atom is 0.329 e. The molecule has 2 rings (SSSR count). The van der Waals surface area contributed by atoms with Crippen LogP contribution in [0, 0.1) is 5.92 Å². The Kier molecular flexibility index (Phi) is 2.44. The largest absolute Gasteiger partial charge is 0.479 e. The molecule has 1 N–H and O–H groups in total. The Morgan fingerprint density at radius 1 is 1.47 bits per heavy atom. The summed E-state index contributed by atoms with van der Waals surface area (Å²) in [6.45, 7) is 1.94. The van der Waals surface area contributed by atoms with Crippen LogP contribution in [-0.4, -0.2) is 34.0 Å². The number of amides is 1. The summed E-state index contributed by atoms with van der Waals surface area (Å²) in [4.78, 5) is 24.1. The molecule has 2 saturated carbocycles. The fourth-order valence-electron chi connectivity index (χ4n) is 2.83. The molecule has 2 aliphatic rings. The molecule has 2 aliphatic carbocycles. The summed E-state index contributed by atoms with van der Waals surface area (Å²) >= 11 is 0. The average molecular weight is 211 g/mol. The Labute approximate surface area is 89.3 Å². The van der Waals surface area contributed by atoms with Crippen molar-refractivity contribution in [1.29, 1.82) is 0 Å². The van der Waals surface area contributed by atoms with Gasteiger partial charge in [0.25, 0.3) is 0 Å². The van der Waals surface area contributed by atoms with Crippen molar-refractivity contribution >= 4 is 12.4 Å². The summed E-state index contributed by atoms with van der Waals surface area (Å²) in [5.41, 5.74) is -0.914. The number of hydrogen-bond acceptors (Lipinski definition) is 2. The predicted molar refractivity (Wildman–Crippen MR) is 54.3 cm³/mol. The van der Waals surface area contributed by atoms with E-state index in [1.807, 2.05) is 6.92 Å². The van der Waals surface area contributed by atoms with Crippen LogP contribution in [0.25, 0.3) is 0 Å². The van der Waals surface area contributed by atoms with Crippen LogP contribution in [0.4, 0.5) is 0 Å². The zero-order valence-electron chi connectivity index (χ0n) is 8.98. The molecule has 0 aromatic rings. The highest BCUT2D eigenvalue weighted by Crippen LogP contribution is 2.44. The van der Waals surface area contributed by atoms with Crippen LogP contribution in [0.5, 0.6) is 0 Å². The number of rotatable bonds is 4. The Morgan fingerprint density at radius 2 is 2.13 bits per heavy atom. The molecule has 0 bridgehead atoms. The first-order valence-electron chi connectivity index (χ1n) is 5.60. The van der Waals surface area contributed by atoms with Gasteiger partial charge in [0.1, 0.15) is 5.54 Å². The molecular weight excluding hydrogens is 194 g/mol. The van der Waals surface area contributed by atoms with E-state index in [1.54, 1.807) is 4.90 Å². The SMILES string of the molecule is CC1CCCC1(C(=O)O)N(C=O)C1CC1. The fourth-order valence-corrected chi connectivity index (χ4v) is 2.83. The van der Waals surface area contributed by atoms with E-state index in [4.69, 9.17) is 0 Å². The smallest absolute Gasteiger partial charge is 0.329 e. The lowest BCUT2D eigenvalue weighted by atomic mass is 9.86. The first kappa shape index (κ1) is 10.5. The molecule has 15 heavy (non-hydrogen) atoms. The third-order valence-corrected chi connectivity index (χ3v) is 3.90. The predicted octanol–water partition coefficient (Wildman–Crippen LogP) is 1.25. The first-order valence-corrected chi connectivity index (χ1v) is 5.60. The second-order valence-corrected chi connectivity index (χ2v) is 4.77. The summed E-state index contributed by atoms with van der Waals surface area (Å²) in [7, 11) is 0. The van der Waals surface area contributed by atoms with Gasteiger partial charge in [-0.15, -0.1) is 0 Å². The van der Waals surface area contributed by atoms with Crippen LogP contribution in [0.15, 0.2) is 0 Å². The molecule has 4 heteroatoms. The first-order chi connectivity index (χ1) is 7.13. The zero-order valence-corrected chi connectivity index (χ0v) is 8.98. The van der Waals surface area contributed by atoms with Gasteiger partial charge in [-0.3, -0.25) is 4.79 Å². The molecule has 1 amide bonds. The van der Waals surface area contributed by atoms with E-state index in [9.17, 15) is 14.7 Å². The number of carboxylic acids is 1. The highest BCUT2D eigenvalue weighted by Gasteiger charge is 2.54. The zero-order chi connectivity index (χ0) is 11.1. The number of hydrogen-bond donors (Lipinski definition) is 1. The van der Waals surface area contributed by atoms with Crippen LogP contribution >= 0.6 is 0 Å². The highest BCUT2D eigenvalue weighted by molar-refractivity contribution is 5.82. The van der Waals surface area contributed by atoms with Gasteiger partial charge >= 0.3 is 5.97 Å². The molecule has 84 valence electrons. The van der Waals surface area contributed by atoms with E-state index >= 15 is 0 Å². The summed E-state index contributed by atoms with van der Waals surface area (Å²) < 4.78 is 0. The molecule has 4 nitrogen and oxygen atoms in total. The van der Waals surface area contributed by atoms with Crippen LogP contribution in [0.1, 0.15) is 39.0 Å². The minimum atomic E-state index is -0.914. The third kappa shape index (κ3) is 1.43. The van der Waals surface area contributed by atoms with Crippen molar-refractivity contribution in [2.24, 2.45) is 5.92 Å². The lowest BCUT2D eigenvalue weighted by Gasteiger charge is -2.38. The number of aliphatic carboxylic acids is 1. The third-order valence-electron chi connectivity index (χ3n) is 3.90. The van der Waals surface area contributed by atoms with E-state index in [0.717, 1.165) is 32.1 Å². The number of nitrogens with zero attached hydrogens (tertiary/aromatic N) is 1. The minimum absolute atomic E-state index is 0.0702. The Bertz CT molecular complexity index is 288. The monoisotopic (exact) mass is 211 g/mol. The Balaban J connectivity index is 2.31. The van der Waals surface area contributed by atoms with Gasteiger partial charge in [0, 0.05) is 6.04 Å². The Morgan fingerprint density at radius 3 is 2.47 bits per heavy atom. The van der Waals surface area contributed by atoms with Crippen molar-refractivity contribution in [3.63, 3.8) is 0 Å². The molecule has 0 aliphatic heterocycles. The summed E-state index contributed by atoms with van der Waals surface area (Å²) in [6, 6.07) is 0.180. The average Bonchev–Trinajstić information content (AvgIpc) is 2.93. The van der Waals surface area contributed by atoms with Crippen molar-refractivity contribution in [1.82, 2.24) is 4.90 Å². The Hall–Kier alpha value is -1.06. The standard InChI is InChI=1S/C11H17NO3/c1-8-3-2-6-11(8,10(14)15)12(7-13)9-4-5-9/h7-9H,2-6H2,1H3,(H,14,15). The fraction of sp³-hybridized carbons (Fsp3) is 0.818. The topological polar surface area (TPSA) is 57.6 Å². The van der Waals surface area contributed by atoms with Crippen molar-refractivity contribution in [3.05, 3.63) is 0 Å². The summed E-state index contributed by atoms with van der Waals surface area (Å²) in [6.07, 6.45) is 5.08. The van der Waals surface area contributed by atoms with E-state index in [1.165, 1.54) is 0 Å². The summed E-state index contributed by atoms with van der Waals surface area (Å²) in [5, 5.41) is 9.41. The lowest BCUT2D eigenvalue weighted by molar-refractivity contribution is -0.158. The quantitative estimate of drug-likeness (QED) is 0.712. The van der Waals surface area contributed by atoms with Gasteiger partial charge in [0.15, 0.2) is 0 Å². The highest BCUT2D eigenvalue weighted by atomic mass is 16.4. The van der Waals surface area contributed by atoms with Gasteiger partial charge in [-0.05, 0) is 31.6 Å². The van der Waals surface area contributed by atoms with E-state index in [-0.39, 0.29) is 12.0 Å². The molecular formula is C11H17NO3. The maximum atomic E-state index is 11.5. The molecule has 2 atom stereocenters. The molecule has 2 fully saturated rings. The van der Waals surface area contributed by atoms with Gasteiger partial charge < -0.3 is 10.0 Å². The number of carboxylic acid groups (broad SMARTS) is 1. The molecule has 0 spiro atoms. The number of carbonyl (C=O) groups excluding carboxylic acids is 1. The van der Waals surface area contributed by atoms with Crippen molar-refractivity contribution in [2.75, 3.05) is 0 Å². The molecule has 0 radical (unpaired) electrons. The molecule has 0 aromatic heterocycles. The van der Waals surface area contributed by atoms with Crippen molar-refractivity contribution in [3.8, 4) is 0 Å². The molecule has 2 unspecified atom stereocenters. The molecule has 0 aromatic carbocycles. The van der Waals surface area contributed by atoms with E-state index in [0.29, 0.717) is 6.42 Å². The van der Waals surface area contributed by atoms with E-state index < -0.39 is 11.5 Å². The van der Waals surface area contributed by atoms with Gasteiger partial charge in [0.05, 0.1) is 0 Å². The van der Waals surface area contributed by atoms with Gasteiger partial charge in [-0.25, -0.2) is 4.79 Å². The summed E-state index contributed by atoms with van der Waals surface area (Å²) in [5.74, 6) is -0.757. The lowest BCUT2D eigenvalue weighted by Crippen LogP contribution is -2.56. The maximum absolute atomic E-state index is 11.5. The van der Waals surface area contributed by atoms with Gasteiger partial charge in [-0.2, -0.15) is 0 Å². The van der Waals surface area contributed by atoms with Crippen molar-refractivity contribution < 1.29 is 14.7 Å². The van der Waals surface area contributed by atoms with Crippen molar-refractivity contribution in [2.45, 2.75) is 50.6 Å².